The highest BCUT2D eigenvalue weighted by Crippen LogP contribution is 2.46. The Kier molecular flexibility index (Phi) is 5.76. The van der Waals surface area contributed by atoms with Crippen molar-refractivity contribution in [2.45, 2.75) is 74.5 Å². The van der Waals surface area contributed by atoms with Crippen LogP contribution in [0, 0.1) is 5.92 Å². The molecule has 0 bridgehead atoms. The van der Waals surface area contributed by atoms with Gasteiger partial charge in [-0.1, -0.05) is 12.8 Å². The first kappa shape index (κ1) is 23.5. The third kappa shape index (κ3) is 4.31. The van der Waals surface area contributed by atoms with Crippen LogP contribution in [0.15, 0.2) is 18.6 Å². The van der Waals surface area contributed by atoms with Crippen molar-refractivity contribution in [3.05, 3.63) is 18.6 Å². The van der Waals surface area contributed by atoms with Crippen molar-refractivity contribution in [2.24, 2.45) is 5.92 Å². The quantitative estimate of drug-likeness (QED) is 0.558. The summed E-state index contributed by atoms with van der Waals surface area (Å²) in [7, 11) is 0. The number of aliphatic hydroxyl groups is 2. The van der Waals surface area contributed by atoms with Crippen molar-refractivity contribution >= 4 is 16.9 Å². The van der Waals surface area contributed by atoms with Gasteiger partial charge >= 0.3 is 0 Å². The maximum absolute atomic E-state index is 14.7. The second kappa shape index (κ2) is 8.58. The predicted molar refractivity (Wildman–Crippen MR) is 125 cm³/mol. The van der Waals surface area contributed by atoms with E-state index in [1.165, 1.54) is 25.6 Å². The Morgan fingerprint density at radius 2 is 1.91 bits per heavy atom. The van der Waals surface area contributed by atoms with Crippen molar-refractivity contribution in [1.82, 2.24) is 24.3 Å². The Morgan fingerprint density at radius 1 is 1.14 bits per heavy atom. The van der Waals surface area contributed by atoms with Gasteiger partial charge in [-0.25, -0.2) is 18.7 Å². The molecular formula is C24H34F2N6O3. The molecule has 11 heteroatoms. The molecule has 3 aliphatic heterocycles. The molecule has 0 amide bonds. The lowest BCUT2D eigenvalue weighted by Crippen LogP contribution is -2.54. The van der Waals surface area contributed by atoms with Gasteiger partial charge in [0.05, 0.1) is 11.9 Å². The number of rotatable bonds is 6. The van der Waals surface area contributed by atoms with Crippen LogP contribution in [-0.2, 0) is 4.74 Å². The van der Waals surface area contributed by atoms with Crippen LogP contribution in [0.1, 0.15) is 44.8 Å². The Balaban J connectivity index is 1.16. The number of halogens is 2. The van der Waals surface area contributed by atoms with Crippen molar-refractivity contribution in [2.75, 3.05) is 38.5 Å². The van der Waals surface area contributed by atoms with Crippen molar-refractivity contribution < 1.29 is 23.7 Å². The van der Waals surface area contributed by atoms with Crippen LogP contribution < -0.4 is 5.73 Å². The average molecular weight is 493 g/mol. The molecule has 4 aliphatic rings. The van der Waals surface area contributed by atoms with Crippen molar-refractivity contribution in [3.8, 4) is 0 Å². The van der Waals surface area contributed by atoms with Crippen LogP contribution in [0.2, 0.25) is 0 Å². The SMILES string of the molecule is Nc1ncnc2c1ccn2[C@@H]1O[C@H](CN2CC(F)(F)CC23CCN(CCC2CC2)CC3)[C@@H](O)[C@H]1O. The van der Waals surface area contributed by atoms with Crippen LogP contribution >= 0.6 is 0 Å². The molecule has 0 aromatic carbocycles. The highest BCUT2D eigenvalue weighted by atomic mass is 19.3. The topological polar surface area (TPSA) is 113 Å². The summed E-state index contributed by atoms with van der Waals surface area (Å²) in [6.07, 6.45) is 3.94. The number of hydrogen-bond acceptors (Lipinski definition) is 8. The summed E-state index contributed by atoms with van der Waals surface area (Å²) in [5.74, 6) is -1.61. The third-order valence-corrected chi connectivity index (χ3v) is 8.57. The van der Waals surface area contributed by atoms with Gasteiger partial charge in [-0.15, -0.1) is 0 Å². The van der Waals surface area contributed by atoms with E-state index in [4.69, 9.17) is 10.5 Å². The number of aliphatic hydroxyl groups excluding tert-OH is 2. The van der Waals surface area contributed by atoms with E-state index in [2.05, 4.69) is 14.9 Å². The van der Waals surface area contributed by atoms with Gasteiger partial charge in [-0.3, -0.25) is 4.90 Å². The highest BCUT2D eigenvalue weighted by molar-refractivity contribution is 5.86. The molecule has 2 aromatic rings. The number of nitrogens with two attached hydrogens (primary N) is 1. The van der Waals surface area contributed by atoms with Crippen LogP contribution in [0.4, 0.5) is 14.6 Å². The van der Waals surface area contributed by atoms with Gasteiger partial charge in [0.15, 0.2) is 6.23 Å². The zero-order valence-corrected chi connectivity index (χ0v) is 19.8. The van der Waals surface area contributed by atoms with Gasteiger partial charge in [-0.05, 0) is 50.9 Å². The molecule has 0 radical (unpaired) electrons. The molecule has 1 aliphatic carbocycles. The highest BCUT2D eigenvalue weighted by Gasteiger charge is 2.57. The van der Waals surface area contributed by atoms with E-state index in [-0.39, 0.29) is 19.5 Å². The first-order valence-electron chi connectivity index (χ1n) is 12.7. The number of fused-ring (bicyclic) bond motifs is 1. The van der Waals surface area contributed by atoms with Crippen LogP contribution in [0.3, 0.4) is 0 Å². The fourth-order valence-corrected chi connectivity index (χ4v) is 6.33. The molecule has 4 fully saturated rings. The summed E-state index contributed by atoms with van der Waals surface area (Å²) in [4.78, 5) is 12.4. The lowest BCUT2D eigenvalue weighted by molar-refractivity contribution is -0.0589. The number of hydrogen-bond donors (Lipinski definition) is 3. The van der Waals surface area contributed by atoms with Gasteiger partial charge in [0.25, 0.3) is 5.92 Å². The molecule has 35 heavy (non-hydrogen) atoms. The summed E-state index contributed by atoms with van der Waals surface area (Å²) in [5.41, 5.74) is 5.80. The smallest absolute Gasteiger partial charge is 0.262 e. The largest absolute Gasteiger partial charge is 0.387 e. The molecule has 4 atom stereocenters. The molecule has 1 spiro atoms. The molecule has 2 aromatic heterocycles. The average Bonchev–Trinajstić information content (AvgIpc) is 3.42. The molecule has 9 nitrogen and oxygen atoms in total. The number of anilines is 1. The number of aromatic nitrogens is 3. The van der Waals surface area contributed by atoms with Crippen LogP contribution in [0.5, 0.6) is 0 Å². The van der Waals surface area contributed by atoms with Gasteiger partial charge in [0.1, 0.15) is 36.1 Å². The zero-order chi connectivity index (χ0) is 24.4. The van der Waals surface area contributed by atoms with E-state index < -0.39 is 36.0 Å². The van der Waals surface area contributed by atoms with Gasteiger partial charge in [0, 0.05) is 24.7 Å². The van der Waals surface area contributed by atoms with E-state index in [1.54, 1.807) is 16.8 Å². The minimum absolute atomic E-state index is 0.142. The molecule has 4 N–H and O–H groups in total. The van der Waals surface area contributed by atoms with Crippen molar-refractivity contribution in [1.29, 1.82) is 0 Å². The minimum atomic E-state index is -2.77. The summed E-state index contributed by atoms with van der Waals surface area (Å²) >= 11 is 0. The number of piperidine rings is 1. The van der Waals surface area contributed by atoms with Crippen LogP contribution in [-0.4, -0.2) is 97.0 Å². The first-order chi connectivity index (χ1) is 16.7. The molecule has 3 saturated heterocycles. The zero-order valence-electron chi connectivity index (χ0n) is 19.8. The lowest BCUT2D eigenvalue weighted by atomic mass is 9.84. The number of ether oxygens (including phenoxy) is 1. The molecular weight excluding hydrogens is 458 g/mol. The second-order valence-corrected chi connectivity index (χ2v) is 11.0. The Bertz CT molecular complexity index is 1070. The first-order valence-corrected chi connectivity index (χ1v) is 12.7. The van der Waals surface area contributed by atoms with Gasteiger partial charge in [-0.2, -0.15) is 0 Å². The molecule has 0 unspecified atom stereocenters. The monoisotopic (exact) mass is 492 g/mol. The summed E-state index contributed by atoms with van der Waals surface area (Å²) in [6.45, 7) is 2.47. The minimum Gasteiger partial charge on any atom is -0.387 e. The standard InChI is InChI=1S/C24H34F2N6O3/c25-24(26)12-23(5-9-30(10-6-23)7-3-15-1-2-15)31(13-24)11-17-18(33)19(34)22(35-17)32-8-4-16-20(27)28-14-29-21(16)32/h4,8,14-15,17-19,22,33-34H,1-3,5-7,9-13H2,(H2,27,28,29)/t17-,18-,19-,22-/m1/s1. The number of nitrogens with zero attached hydrogens (tertiary/aromatic N) is 5. The third-order valence-electron chi connectivity index (χ3n) is 8.57. The Hall–Kier alpha value is -1.92. The Labute approximate surface area is 202 Å². The normalized spacial score (nSPS) is 33.3. The maximum atomic E-state index is 14.7. The van der Waals surface area contributed by atoms with E-state index in [1.807, 2.05) is 4.90 Å². The molecule has 5 heterocycles. The number of nitrogen functional groups attached to an aromatic ring is 1. The van der Waals surface area contributed by atoms with E-state index >= 15 is 0 Å². The Morgan fingerprint density at radius 3 is 2.66 bits per heavy atom. The molecule has 192 valence electrons. The maximum Gasteiger partial charge on any atom is 0.262 e. The fraction of sp³-hybridized carbons (Fsp3) is 0.750. The van der Waals surface area contributed by atoms with E-state index in [0.717, 1.165) is 25.6 Å². The summed E-state index contributed by atoms with van der Waals surface area (Å²) in [6, 6.07) is 1.73. The van der Waals surface area contributed by atoms with Crippen LogP contribution in [0.25, 0.3) is 11.0 Å². The number of alkyl halides is 2. The summed E-state index contributed by atoms with van der Waals surface area (Å²) < 4.78 is 37.1. The lowest BCUT2D eigenvalue weighted by Gasteiger charge is -2.45. The fourth-order valence-electron chi connectivity index (χ4n) is 6.33. The summed E-state index contributed by atoms with van der Waals surface area (Å²) in [5, 5.41) is 22.3. The second-order valence-electron chi connectivity index (χ2n) is 11.0. The van der Waals surface area contributed by atoms with Gasteiger partial charge < -0.3 is 30.2 Å². The van der Waals surface area contributed by atoms with Crippen molar-refractivity contribution in [3.63, 3.8) is 0 Å². The van der Waals surface area contributed by atoms with E-state index in [9.17, 15) is 19.0 Å². The van der Waals surface area contributed by atoms with E-state index in [0.29, 0.717) is 29.7 Å². The molecule has 6 rings (SSSR count). The van der Waals surface area contributed by atoms with Gasteiger partial charge in [0.2, 0.25) is 0 Å². The number of likely N-dealkylation sites (tertiary alicyclic amines) is 2. The molecule has 1 saturated carbocycles. The predicted octanol–water partition coefficient (Wildman–Crippen LogP) is 1.61.